The summed E-state index contributed by atoms with van der Waals surface area (Å²) in [5.74, 6) is 0.597. The smallest absolute Gasteiger partial charge is 0.262 e. The Morgan fingerprint density at radius 1 is 1.09 bits per heavy atom. The molecule has 0 unspecified atom stereocenters. The molecule has 5 nitrogen and oxygen atoms in total. The molecule has 0 bridgehead atoms. The lowest BCUT2D eigenvalue weighted by Crippen LogP contribution is -2.37. The number of anilines is 1. The second-order valence-electron chi connectivity index (χ2n) is 8.52. The molecule has 2 N–H and O–H groups in total. The highest BCUT2D eigenvalue weighted by molar-refractivity contribution is 5.92. The number of benzene rings is 3. The van der Waals surface area contributed by atoms with Gasteiger partial charge in [-0.1, -0.05) is 55.0 Å². The standard InChI is InChI=1S/C27H33N3O2/c1-3-30-16-6-8-23(30)17-28-18-25-24-9-5-4-7-21(24)12-15-26(25)32-19-27(31)29-22-13-10-20(2)11-14-22/h4-5,7,9-15,23,28H,3,6,8,16-19H2,1-2H3,(H,29,31)/t23-/m1/s1. The number of hydrogen-bond acceptors (Lipinski definition) is 4. The summed E-state index contributed by atoms with van der Waals surface area (Å²) in [5, 5.41) is 8.89. The first-order chi connectivity index (χ1) is 15.6. The summed E-state index contributed by atoms with van der Waals surface area (Å²) in [4.78, 5) is 15.0. The molecule has 1 saturated heterocycles. The molecular weight excluding hydrogens is 398 g/mol. The number of likely N-dealkylation sites (N-methyl/N-ethyl adjacent to an activating group) is 1. The molecule has 1 aliphatic rings. The van der Waals surface area contributed by atoms with E-state index in [2.05, 4.69) is 46.7 Å². The number of nitrogens with one attached hydrogen (secondary N) is 2. The summed E-state index contributed by atoms with van der Waals surface area (Å²) in [7, 11) is 0. The number of carbonyl (C=O) groups excluding carboxylic acids is 1. The Kier molecular flexibility index (Phi) is 7.40. The van der Waals surface area contributed by atoms with Crippen LogP contribution in [0.4, 0.5) is 5.69 Å². The average Bonchev–Trinajstić information content (AvgIpc) is 3.27. The average molecular weight is 432 g/mol. The SMILES string of the molecule is CCN1CCC[C@@H]1CNCc1c(OCC(=O)Nc2ccc(C)cc2)ccc2ccccc12. The van der Waals surface area contributed by atoms with Gasteiger partial charge in [-0.25, -0.2) is 0 Å². The molecule has 4 rings (SSSR count). The minimum atomic E-state index is -0.162. The Balaban J connectivity index is 1.43. The number of ether oxygens (including phenoxy) is 1. The molecule has 3 aromatic rings. The lowest BCUT2D eigenvalue weighted by Gasteiger charge is -2.23. The van der Waals surface area contributed by atoms with Gasteiger partial charge in [0, 0.05) is 30.4 Å². The van der Waals surface area contributed by atoms with Gasteiger partial charge in [0.1, 0.15) is 5.75 Å². The summed E-state index contributed by atoms with van der Waals surface area (Å²) in [5.41, 5.74) is 3.04. The highest BCUT2D eigenvalue weighted by Gasteiger charge is 2.22. The van der Waals surface area contributed by atoms with E-state index in [4.69, 9.17) is 4.74 Å². The van der Waals surface area contributed by atoms with Gasteiger partial charge in [-0.05, 0) is 61.8 Å². The largest absolute Gasteiger partial charge is 0.483 e. The summed E-state index contributed by atoms with van der Waals surface area (Å²) < 4.78 is 6.01. The minimum absolute atomic E-state index is 0.0224. The Morgan fingerprint density at radius 2 is 1.91 bits per heavy atom. The van der Waals surface area contributed by atoms with Gasteiger partial charge in [0.05, 0.1) is 0 Å². The summed E-state index contributed by atoms with van der Waals surface area (Å²) in [6.45, 7) is 8.21. The topological polar surface area (TPSA) is 53.6 Å². The van der Waals surface area contributed by atoms with Crippen molar-refractivity contribution < 1.29 is 9.53 Å². The van der Waals surface area contributed by atoms with E-state index in [1.165, 1.54) is 24.8 Å². The van der Waals surface area contributed by atoms with Gasteiger partial charge in [0.25, 0.3) is 5.91 Å². The molecule has 0 aliphatic carbocycles. The monoisotopic (exact) mass is 431 g/mol. The summed E-state index contributed by atoms with van der Waals surface area (Å²) >= 11 is 0. The van der Waals surface area contributed by atoms with Crippen molar-refractivity contribution in [3.05, 3.63) is 71.8 Å². The van der Waals surface area contributed by atoms with Crippen LogP contribution in [0.25, 0.3) is 10.8 Å². The fourth-order valence-corrected chi connectivity index (χ4v) is 4.52. The lowest BCUT2D eigenvalue weighted by molar-refractivity contribution is -0.118. The van der Waals surface area contributed by atoms with Crippen LogP contribution in [-0.4, -0.2) is 43.1 Å². The zero-order chi connectivity index (χ0) is 22.3. The van der Waals surface area contributed by atoms with Crippen LogP contribution >= 0.6 is 0 Å². The molecule has 168 valence electrons. The predicted octanol–water partition coefficient (Wildman–Crippen LogP) is 4.74. The molecule has 5 heteroatoms. The third kappa shape index (κ3) is 5.47. The first-order valence-corrected chi connectivity index (χ1v) is 11.6. The number of aryl methyl sites for hydroxylation is 1. The molecule has 1 atom stereocenters. The van der Waals surface area contributed by atoms with E-state index < -0.39 is 0 Å². The Bertz CT molecular complexity index is 1050. The number of hydrogen-bond donors (Lipinski definition) is 2. The van der Waals surface area contributed by atoms with Crippen molar-refractivity contribution in [1.82, 2.24) is 10.2 Å². The Labute approximate surface area is 190 Å². The van der Waals surface area contributed by atoms with E-state index in [1.54, 1.807) is 0 Å². The maximum Gasteiger partial charge on any atom is 0.262 e. The molecule has 0 spiro atoms. The molecule has 1 amide bonds. The van der Waals surface area contributed by atoms with Crippen molar-refractivity contribution >= 4 is 22.4 Å². The molecular formula is C27H33N3O2. The fourth-order valence-electron chi connectivity index (χ4n) is 4.52. The summed E-state index contributed by atoms with van der Waals surface area (Å²) in [6.07, 6.45) is 2.53. The molecule has 0 aromatic heterocycles. The third-order valence-electron chi connectivity index (χ3n) is 6.28. The number of amides is 1. The number of carbonyl (C=O) groups is 1. The lowest BCUT2D eigenvalue weighted by atomic mass is 10.0. The zero-order valence-electron chi connectivity index (χ0n) is 19.1. The molecule has 0 saturated carbocycles. The number of fused-ring (bicyclic) bond motifs is 1. The van der Waals surface area contributed by atoms with E-state index in [0.717, 1.165) is 41.0 Å². The second-order valence-corrected chi connectivity index (χ2v) is 8.52. The predicted molar refractivity (Wildman–Crippen MR) is 131 cm³/mol. The molecule has 0 radical (unpaired) electrons. The Morgan fingerprint density at radius 3 is 2.72 bits per heavy atom. The van der Waals surface area contributed by atoms with Gasteiger partial charge in [-0.3, -0.25) is 9.69 Å². The third-order valence-corrected chi connectivity index (χ3v) is 6.28. The normalized spacial score (nSPS) is 16.4. The minimum Gasteiger partial charge on any atom is -0.483 e. The van der Waals surface area contributed by atoms with Crippen LogP contribution in [0, 0.1) is 6.92 Å². The van der Waals surface area contributed by atoms with Gasteiger partial charge in [-0.15, -0.1) is 0 Å². The van der Waals surface area contributed by atoms with Crippen molar-refractivity contribution in [3.63, 3.8) is 0 Å². The summed E-state index contributed by atoms with van der Waals surface area (Å²) in [6, 6.07) is 20.7. The van der Waals surface area contributed by atoms with Gasteiger partial charge in [-0.2, -0.15) is 0 Å². The first kappa shape index (κ1) is 22.3. The van der Waals surface area contributed by atoms with E-state index in [-0.39, 0.29) is 12.5 Å². The van der Waals surface area contributed by atoms with Crippen LogP contribution in [0.15, 0.2) is 60.7 Å². The van der Waals surface area contributed by atoms with Crippen LogP contribution in [0.2, 0.25) is 0 Å². The van der Waals surface area contributed by atoms with Gasteiger partial charge >= 0.3 is 0 Å². The van der Waals surface area contributed by atoms with E-state index in [1.807, 2.05) is 43.3 Å². The molecule has 32 heavy (non-hydrogen) atoms. The van der Waals surface area contributed by atoms with Crippen LogP contribution in [0.5, 0.6) is 5.75 Å². The van der Waals surface area contributed by atoms with Crippen LogP contribution < -0.4 is 15.4 Å². The van der Waals surface area contributed by atoms with Crippen molar-refractivity contribution in [3.8, 4) is 5.75 Å². The van der Waals surface area contributed by atoms with Crippen molar-refractivity contribution in [2.24, 2.45) is 0 Å². The van der Waals surface area contributed by atoms with E-state index in [0.29, 0.717) is 12.6 Å². The first-order valence-electron chi connectivity index (χ1n) is 11.6. The van der Waals surface area contributed by atoms with Crippen molar-refractivity contribution in [1.29, 1.82) is 0 Å². The zero-order valence-corrected chi connectivity index (χ0v) is 19.1. The molecule has 1 fully saturated rings. The van der Waals surface area contributed by atoms with Gasteiger partial charge < -0.3 is 15.4 Å². The van der Waals surface area contributed by atoms with Gasteiger partial charge in [0.15, 0.2) is 6.61 Å². The van der Waals surface area contributed by atoms with Crippen LogP contribution in [0.1, 0.15) is 30.9 Å². The van der Waals surface area contributed by atoms with Crippen LogP contribution in [-0.2, 0) is 11.3 Å². The van der Waals surface area contributed by atoms with Gasteiger partial charge in [0.2, 0.25) is 0 Å². The van der Waals surface area contributed by atoms with Crippen molar-refractivity contribution in [2.75, 3.05) is 31.6 Å². The Hall–Kier alpha value is -2.89. The van der Waals surface area contributed by atoms with E-state index in [9.17, 15) is 4.79 Å². The molecule has 3 aromatic carbocycles. The maximum absolute atomic E-state index is 12.4. The maximum atomic E-state index is 12.4. The number of rotatable bonds is 9. The highest BCUT2D eigenvalue weighted by atomic mass is 16.5. The quantitative estimate of drug-likeness (QED) is 0.514. The number of likely N-dealkylation sites (tertiary alicyclic amines) is 1. The molecule has 1 heterocycles. The highest BCUT2D eigenvalue weighted by Crippen LogP contribution is 2.28. The fraction of sp³-hybridized carbons (Fsp3) is 0.370. The number of nitrogens with zero attached hydrogens (tertiary/aromatic N) is 1. The van der Waals surface area contributed by atoms with E-state index >= 15 is 0 Å². The van der Waals surface area contributed by atoms with Crippen molar-refractivity contribution in [2.45, 2.75) is 39.3 Å². The second kappa shape index (κ2) is 10.6. The van der Waals surface area contributed by atoms with Crippen LogP contribution in [0.3, 0.4) is 0 Å². The molecule has 1 aliphatic heterocycles.